The first-order chi connectivity index (χ1) is 13.6. The zero-order valence-electron chi connectivity index (χ0n) is 16.2. The maximum atomic E-state index is 13.0. The summed E-state index contributed by atoms with van der Waals surface area (Å²) in [7, 11) is 1.75. The lowest BCUT2D eigenvalue weighted by molar-refractivity contribution is -0.119. The molecular formula is C24H24N2O2. The largest absolute Gasteiger partial charge is 0.345 e. The summed E-state index contributed by atoms with van der Waals surface area (Å²) in [5.41, 5.74) is 2.25. The standard InChI is InChI=1S/C24H24N2O2/c1-16(19-12-7-9-17-8-3-4-10-20(17)19)25-23(27)21-11-5-6-13-22(21)26(2)24(28)18-14-15-18/h3-13,16,18H,14-15H2,1-2H3,(H,25,27)/t16-/m1/s1. The number of benzene rings is 3. The summed E-state index contributed by atoms with van der Waals surface area (Å²) >= 11 is 0. The number of para-hydroxylation sites is 1. The number of hydrogen-bond donors (Lipinski definition) is 1. The van der Waals surface area contributed by atoms with Gasteiger partial charge < -0.3 is 10.2 Å². The molecule has 142 valence electrons. The number of nitrogens with one attached hydrogen (secondary N) is 1. The van der Waals surface area contributed by atoms with Crippen molar-refractivity contribution < 1.29 is 9.59 Å². The molecule has 2 amide bonds. The van der Waals surface area contributed by atoms with Crippen LogP contribution < -0.4 is 10.2 Å². The van der Waals surface area contributed by atoms with E-state index in [1.807, 2.05) is 49.4 Å². The van der Waals surface area contributed by atoms with Crippen molar-refractivity contribution in [1.29, 1.82) is 0 Å². The number of fused-ring (bicyclic) bond motifs is 1. The van der Waals surface area contributed by atoms with E-state index >= 15 is 0 Å². The van der Waals surface area contributed by atoms with Gasteiger partial charge in [0, 0.05) is 13.0 Å². The predicted octanol–water partition coefficient (Wildman–Crippen LogP) is 4.70. The summed E-state index contributed by atoms with van der Waals surface area (Å²) < 4.78 is 0. The van der Waals surface area contributed by atoms with Crippen LogP contribution in [0.15, 0.2) is 66.7 Å². The molecule has 28 heavy (non-hydrogen) atoms. The maximum Gasteiger partial charge on any atom is 0.253 e. The number of carbonyl (C=O) groups is 2. The van der Waals surface area contributed by atoms with Crippen molar-refractivity contribution in [3.63, 3.8) is 0 Å². The molecule has 0 unspecified atom stereocenters. The lowest BCUT2D eigenvalue weighted by Crippen LogP contribution is -2.32. The average molecular weight is 372 g/mol. The van der Waals surface area contributed by atoms with Crippen LogP contribution in [0.5, 0.6) is 0 Å². The summed E-state index contributed by atoms with van der Waals surface area (Å²) in [6.07, 6.45) is 1.88. The molecule has 1 aliphatic rings. The van der Waals surface area contributed by atoms with Crippen molar-refractivity contribution in [3.8, 4) is 0 Å². The second kappa shape index (κ2) is 7.47. The Kier molecular flexibility index (Phi) is 4.86. The highest BCUT2D eigenvalue weighted by Crippen LogP contribution is 2.33. The minimum Gasteiger partial charge on any atom is -0.345 e. The summed E-state index contributed by atoms with van der Waals surface area (Å²) in [5, 5.41) is 5.39. The fraction of sp³-hybridized carbons (Fsp3) is 0.250. The van der Waals surface area contributed by atoms with Crippen LogP contribution in [0.1, 0.15) is 41.7 Å². The Labute approximate surface area is 165 Å². The molecule has 0 aromatic heterocycles. The number of nitrogens with zero attached hydrogens (tertiary/aromatic N) is 1. The van der Waals surface area contributed by atoms with Gasteiger partial charge in [-0.15, -0.1) is 0 Å². The van der Waals surface area contributed by atoms with E-state index in [1.165, 1.54) is 0 Å². The molecule has 4 heteroatoms. The molecule has 0 heterocycles. The molecule has 4 nitrogen and oxygen atoms in total. The van der Waals surface area contributed by atoms with Gasteiger partial charge in [-0.2, -0.15) is 0 Å². The van der Waals surface area contributed by atoms with Gasteiger partial charge in [0.2, 0.25) is 5.91 Å². The first kappa shape index (κ1) is 18.2. The highest BCUT2D eigenvalue weighted by atomic mass is 16.2. The summed E-state index contributed by atoms with van der Waals surface area (Å²) in [5.74, 6) is 0.0181. The first-order valence-corrected chi connectivity index (χ1v) is 9.71. The van der Waals surface area contributed by atoms with Gasteiger partial charge in [0.05, 0.1) is 17.3 Å². The van der Waals surface area contributed by atoms with Gasteiger partial charge in [-0.05, 0) is 48.2 Å². The van der Waals surface area contributed by atoms with Crippen molar-refractivity contribution in [3.05, 3.63) is 77.9 Å². The van der Waals surface area contributed by atoms with Gasteiger partial charge in [0.1, 0.15) is 0 Å². The first-order valence-electron chi connectivity index (χ1n) is 9.71. The zero-order valence-corrected chi connectivity index (χ0v) is 16.2. The number of rotatable bonds is 5. The quantitative estimate of drug-likeness (QED) is 0.705. The Balaban J connectivity index is 1.59. The van der Waals surface area contributed by atoms with E-state index in [0.717, 1.165) is 29.2 Å². The van der Waals surface area contributed by atoms with Crippen molar-refractivity contribution in [2.45, 2.75) is 25.8 Å². The van der Waals surface area contributed by atoms with E-state index < -0.39 is 0 Å². The lowest BCUT2D eigenvalue weighted by Gasteiger charge is -2.22. The number of anilines is 1. The van der Waals surface area contributed by atoms with E-state index in [4.69, 9.17) is 0 Å². The molecule has 0 spiro atoms. The Morgan fingerprint density at radius 2 is 1.64 bits per heavy atom. The lowest BCUT2D eigenvalue weighted by atomic mass is 9.99. The van der Waals surface area contributed by atoms with Crippen molar-refractivity contribution in [2.75, 3.05) is 11.9 Å². The van der Waals surface area contributed by atoms with Crippen molar-refractivity contribution in [1.82, 2.24) is 5.32 Å². The fourth-order valence-corrected chi connectivity index (χ4v) is 3.66. The van der Waals surface area contributed by atoms with Gasteiger partial charge in [0.15, 0.2) is 0 Å². The molecule has 1 atom stereocenters. The van der Waals surface area contributed by atoms with Gasteiger partial charge in [-0.3, -0.25) is 9.59 Å². The number of carbonyl (C=O) groups excluding carboxylic acids is 2. The molecule has 3 aromatic carbocycles. The van der Waals surface area contributed by atoms with E-state index in [-0.39, 0.29) is 23.8 Å². The van der Waals surface area contributed by atoms with Crippen molar-refractivity contribution in [2.24, 2.45) is 5.92 Å². The van der Waals surface area contributed by atoms with Crippen molar-refractivity contribution >= 4 is 28.3 Å². The van der Waals surface area contributed by atoms with Gasteiger partial charge in [-0.25, -0.2) is 0 Å². The Morgan fingerprint density at radius 1 is 0.964 bits per heavy atom. The van der Waals surface area contributed by atoms with Crippen LogP contribution in [-0.4, -0.2) is 18.9 Å². The highest BCUT2D eigenvalue weighted by Gasteiger charge is 2.33. The molecule has 1 fully saturated rings. The Morgan fingerprint density at radius 3 is 2.43 bits per heavy atom. The molecular weight excluding hydrogens is 348 g/mol. The molecule has 1 aliphatic carbocycles. The van der Waals surface area contributed by atoms with E-state index in [2.05, 4.69) is 23.5 Å². The molecule has 0 aliphatic heterocycles. The minimum absolute atomic E-state index is 0.0855. The van der Waals surface area contributed by atoms with Gasteiger partial charge in [0.25, 0.3) is 5.91 Å². The zero-order chi connectivity index (χ0) is 19.7. The molecule has 4 rings (SSSR count). The van der Waals surface area contributed by atoms with Gasteiger partial charge in [-0.1, -0.05) is 54.6 Å². The molecule has 1 saturated carbocycles. The predicted molar refractivity (Wildman–Crippen MR) is 112 cm³/mol. The third-order valence-electron chi connectivity index (χ3n) is 5.40. The third kappa shape index (κ3) is 3.50. The Hall–Kier alpha value is -3.14. The second-order valence-electron chi connectivity index (χ2n) is 7.45. The third-order valence-corrected chi connectivity index (χ3v) is 5.40. The minimum atomic E-state index is -0.175. The highest BCUT2D eigenvalue weighted by molar-refractivity contribution is 6.05. The van der Waals surface area contributed by atoms with E-state index in [9.17, 15) is 9.59 Å². The molecule has 3 aromatic rings. The van der Waals surface area contributed by atoms with Crippen LogP contribution in [0.3, 0.4) is 0 Å². The molecule has 1 N–H and O–H groups in total. The van der Waals surface area contributed by atoms with Crippen LogP contribution in [0.2, 0.25) is 0 Å². The summed E-state index contributed by atoms with van der Waals surface area (Å²) in [6, 6.07) is 21.4. The topological polar surface area (TPSA) is 49.4 Å². The van der Waals surface area contributed by atoms with Crippen LogP contribution >= 0.6 is 0 Å². The molecule has 0 bridgehead atoms. The van der Waals surface area contributed by atoms with E-state index in [0.29, 0.717) is 11.3 Å². The monoisotopic (exact) mass is 372 g/mol. The van der Waals surface area contributed by atoms with E-state index in [1.54, 1.807) is 18.0 Å². The summed E-state index contributed by atoms with van der Waals surface area (Å²) in [4.78, 5) is 27.1. The summed E-state index contributed by atoms with van der Waals surface area (Å²) in [6.45, 7) is 1.99. The number of amides is 2. The van der Waals surface area contributed by atoms with Crippen LogP contribution in [-0.2, 0) is 4.79 Å². The Bertz CT molecular complexity index is 1030. The molecule has 0 saturated heterocycles. The van der Waals surface area contributed by atoms with Crippen LogP contribution in [0.4, 0.5) is 5.69 Å². The number of hydrogen-bond acceptors (Lipinski definition) is 2. The SMILES string of the molecule is C[C@@H](NC(=O)c1ccccc1N(C)C(=O)C1CC1)c1cccc2ccccc12. The molecule has 0 radical (unpaired) electrons. The second-order valence-corrected chi connectivity index (χ2v) is 7.45. The van der Waals surface area contributed by atoms with Crippen LogP contribution in [0.25, 0.3) is 10.8 Å². The fourth-order valence-electron chi connectivity index (χ4n) is 3.66. The normalized spacial score (nSPS) is 14.5. The van der Waals surface area contributed by atoms with Gasteiger partial charge >= 0.3 is 0 Å². The van der Waals surface area contributed by atoms with Crippen LogP contribution in [0, 0.1) is 5.92 Å². The smallest absolute Gasteiger partial charge is 0.253 e. The maximum absolute atomic E-state index is 13.0. The average Bonchev–Trinajstić information content (AvgIpc) is 3.57.